The Hall–Kier alpha value is -0.420. The highest BCUT2D eigenvalue weighted by molar-refractivity contribution is 7.85. The van der Waals surface area contributed by atoms with Gasteiger partial charge in [-0.05, 0) is 19.8 Å². The molecule has 1 heterocycles. The first-order valence-corrected chi connectivity index (χ1v) is 7.37. The maximum atomic E-state index is 11.4. The molecule has 0 aromatic heterocycles. The predicted octanol–water partition coefficient (Wildman–Crippen LogP) is 0.686. The average Bonchev–Trinajstić information content (AvgIpc) is 2.28. The summed E-state index contributed by atoms with van der Waals surface area (Å²) in [6, 6.07) is 0.412. The Kier molecular flexibility index (Phi) is 5.98. The third-order valence-electron chi connectivity index (χ3n) is 2.79. The number of carbonyl (C=O) groups is 1. The van der Waals surface area contributed by atoms with Crippen molar-refractivity contribution in [2.75, 3.05) is 24.7 Å². The SMILES string of the molecule is CCOC(=O)C(C)CNC1CCS(=O)CC1. The van der Waals surface area contributed by atoms with E-state index in [0.29, 0.717) is 19.2 Å². The molecule has 0 radical (unpaired) electrons. The van der Waals surface area contributed by atoms with Gasteiger partial charge in [0.15, 0.2) is 0 Å². The van der Waals surface area contributed by atoms with Gasteiger partial charge in [0.2, 0.25) is 0 Å². The summed E-state index contributed by atoms with van der Waals surface area (Å²) in [5.41, 5.74) is 0. The van der Waals surface area contributed by atoms with Crippen LogP contribution in [0, 0.1) is 5.92 Å². The van der Waals surface area contributed by atoms with E-state index >= 15 is 0 Å². The van der Waals surface area contributed by atoms with Crippen LogP contribution in [-0.2, 0) is 20.3 Å². The summed E-state index contributed by atoms with van der Waals surface area (Å²) < 4.78 is 16.1. The molecular formula is C11H21NO3S. The molecule has 4 nitrogen and oxygen atoms in total. The van der Waals surface area contributed by atoms with E-state index < -0.39 is 10.8 Å². The van der Waals surface area contributed by atoms with Crippen LogP contribution in [0.25, 0.3) is 0 Å². The van der Waals surface area contributed by atoms with Crippen molar-refractivity contribution in [3.63, 3.8) is 0 Å². The first-order chi connectivity index (χ1) is 7.63. The molecule has 0 aromatic rings. The van der Waals surface area contributed by atoms with Crippen LogP contribution in [-0.4, -0.2) is 40.9 Å². The van der Waals surface area contributed by atoms with Crippen LogP contribution in [0.3, 0.4) is 0 Å². The second-order valence-electron chi connectivity index (χ2n) is 4.18. The molecule has 1 unspecified atom stereocenters. The quantitative estimate of drug-likeness (QED) is 0.726. The number of ether oxygens (including phenoxy) is 1. The molecule has 0 aromatic carbocycles. The van der Waals surface area contributed by atoms with Gasteiger partial charge in [-0.2, -0.15) is 0 Å². The van der Waals surface area contributed by atoms with Crippen molar-refractivity contribution in [1.29, 1.82) is 0 Å². The largest absolute Gasteiger partial charge is 0.466 e. The topological polar surface area (TPSA) is 55.4 Å². The molecule has 1 aliphatic rings. The first-order valence-electron chi connectivity index (χ1n) is 5.88. The van der Waals surface area contributed by atoms with E-state index in [4.69, 9.17) is 4.74 Å². The maximum Gasteiger partial charge on any atom is 0.309 e. The first kappa shape index (κ1) is 13.6. The minimum atomic E-state index is -0.619. The lowest BCUT2D eigenvalue weighted by Crippen LogP contribution is -2.39. The average molecular weight is 247 g/mol. The van der Waals surface area contributed by atoms with Crippen LogP contribution >= 0.6 is 0 Å². The van der Waals surface area contributed by atoms with Crippen LogP contribution in [0.5, 0.6) is 0 Å². The van der Waals surface area contributed by atoms with Gasteiger partial charge in [-0.1, -0.05) is 6.92 Å². The van der Waals surface area contributed by atoms with E-state index in [1.54, 1.807) is 0 Å². The zero-order chi connectivity index (χ0) is 12.0. The van der Waals surface area contributed by atoms with Crippen LogP contribution in [0.2, 0.25) is 0 Å². The summed E-state index contributed by atoms with van der Waals surface area (Å²) in [6.45, 7) is 4.77. The second kappa shape index (κ2) is 7.01. The van der Waals surface area contributed by atoms with E-state index in [0.717, 1.165) is 24.3 Å². The highest BCUT2D eigenvalue weighted by Crippen LogP contribution is 2.09. The molecule has 1 fully saturated rings. The van der Waals surface area contributed by atoms with Crippen molar-refractivity contribution in [2.24, 2.45) is 5.92 Å². The zero-order valence-electron chi connectivity index (χ0n) is 10.0. The summed E-state index contributed by atoms with van der Waals surface area (Å²) in [4.78, 5) is 11.4. The standard InChI is InChI=1S/C11H21NO3S/c1-3-15-11(13)9(2)8-12-10-4-6-16(14)7-5-10/h9-10,12H,3-8H2,1-2H3. The van der Waals surface area contributed by atoms with Gasteiger partial charge in [0.25, 0.3) is 0 Å². The molecule has 0 amide bonds. The molecule has 5 heteroatoms. The number of hydrogen-bond donors (Lipinski definition) is 1. The number of carbonyl (C=O) groups excluding carboxylic acids is 1. The van der Waals surface area contributed by atoms with Crippen molar-refractivity contribution < 1.29 is 13.7 Å². The summed E-state index contributed by atoms with van der Waals surface area (Å²) in [7, 11) is -0.619. The molecule has 16 heavy (non-hydrogen) atoms. The van der Waals surface area contributed by atoms with Crippen molar-refractivity contribution in [3.05, 3.63) is 0 Å². The van der Waals surface area contributed by atoms with E-state index in [-0.39, 0.29) is 11.9 Å². The maximum absolute atomic E-state index is 11.4. The molecule has 1 N–H and O–H groups in total. The Balaban J connectivity index is 2.18. The number of esters is 1. The van der Waals surface area contributed by atoms with Crippen molar-refractivity contribution in [3.8, 4) is 0 Å². The van der Waals surface area contributed by atoms with Gasteiger partial charge < -0.3 is 10.1 Å². The van der Waals surface area contributed by atoms with Crippen molar-refractivity contribution >= 4 is 16.8 Å². The molecule has 94 valence electrons. The smallest absolute Gasteiger partial charge is 0.309 e. The third-order valence-corrected chi connectivity index (χ3v) is 4.17. The molecule has 0 spiro atoms. The highest BCUT2D eigenvalue weighted by atomic mass is 32.2. The fourth-order valence-corrected chi connectivity index (χ4v) is 3.01. The number of rotatable bonds is 5. The van der Waals surface area contributed by atoms with E-state index in [9.17, 15) is 9.00 Å². The minimum absolute atomic E-state index is 0.104. The summed E-state index contributed by atoms with van der Waals surface area (Å²) in [5, 5.41) is 3.35. The molecule has 0 bridgehead atoms. The Morgan fingerprint density at radius 2 is 2.12 bits per heavy atom. The van der Waals surface area contributed by atoms with E-state index in [1.807, 2.05) is 13.8 Å². The van der Waals surface area contributed by atoms with Crippen molar-refractivity contribution in [1.82, 2.24) is 5.32 Å². The number of nitrogens with one attached hydrogen (secondary N) is 1. The normalized spacial score (nSPS) is 27.4. The second-order valence-corrected chi connectivity index (χ2v) is 5.88. The Labute approximate surface area is 99.6 Å². The lowest BCUT2D eigenvalue weighted by molar-refractivity contribution is -0.147. The minimum Gasteiger partial charge on any atom is -0.466 e. The third kappa shape index (κ3) is 4.61. The van der Waals surface area contributed by atoms with Gasteiger partial charge in [-0.15, -0.1) is 0 Å². The molecular weight excluding hydrogens is 226 g/mol. The molecule has 0 saturated carbocycles. The highest BCUT2D eigenvalue weighted by Gasteiger charge is 2.20. The summed E-state index contributed by atoms with van der Waals surface area (Å²) in [6.07, 6.45) is 1.89. The molecule has 0 aliphatic carbocycles. The monoisotopic (exact) mass is 247 g/mol. The zero-order valence-corrected chi connectivity index (χ0v) is 10.8. The summed E-state index contributed by atoms with van der Waals surface area (Å²) in [5.74, 6) is 1.32. The van der Waals surface area contributed by atoms with Crippen LogP contribution in [0.15, 0.2) is 0 Å². The van der Waals surface area contributed by atoms with Gasteiger partial charge in [0, 0.05) is 34.9 Å². The lowest BCUT2D eigenvalue weighted by atomic mass is 10.1. The Bertz CT molecular complexity index is 248. The predicted molar refractivity (Wildman–Crippen MR) is 64.7 cm³/mol. The van der Waals surface area contributed by atoms with Crippen LogP contribution < -0.4 is 5.32 Å². The molecule has 1 saturated heterocycles. The van der Waals surface area contributed by atoms with Gasteiger partial charge >= 0.3 is 5.97 Å². The fraction of sp³-hybridized carbons (Fsp3) is 0.909. The van der Waals surface area contributed by atoms with Crippen molar-refractivity contribution in [2.45, 2.75) is 32.7 Å². The Morgan fingerprint density at radius 3 is 2.69 bits per heavy atom. The number of hydrogen-bond acceptors (Lipinski definition) is 4. The van der Waals surface area contributed by atoms with Gasteiger partial charge in [-0.25, -0.2) is 0 Å². The van der Waals surface area contributed by atoms with Crippen LogP contribution in [0.4, 0.5) is 0 Å². The lowest BCUT2D eigenvalue weighted by Gasteiger charge is -2.23. The van der Waals surface area contributed by atoms with E-state index in [2.05, 4.69) is 5.32 Å². The molecule has 1 atom stereocenters. The molecule has 1 rings (SSSR count). The Morgan fingerprint density at radius 1 is 1.50 bits per heavy atom. The fourth-order valence-electron chi connectivity index (χ4n) is 1.71. The van der Waals surface area contributed by atoms with Crippen LogP contribution in [0.1, 0.15) is 26.7 Å². The molecule has 1 aliphatic heterocycles. The summed E-state index contributed by atoms with van der Waals surface area (Å²) >= 11 is 0. The van der Waals surface area contributed by atoms with Gasteiger partial charge in [-0.3, -0.25) is 9.00 Å². The van der Waals surface area contributed by atoms with E-state index in [1.165, 1.54) is 0 Å². The van der Waals surface area contributed by atoms with Gasteiger partial charge in [0.05, 0.1) is 12.5 Å². The van der Waals surface area contributed by atoms with Gasteiger partial charge in [0.1, 0.15) is 0 Å².